The molecule has 0 spiro atoms. The molecule has 11 aromatic carbocycles. The SMILES string of the molecule is CC1(C)c2cc(-c3ccccc3)ccc2-c2ccc(-c3ccc4cc(-c5cccc(-c6cc7c8ccccc8c8ccccc8c7c7ccccc67)c5)ccc4c3)cc21. The molecule has 0 N–H and O–H groups in total. The maximum absolute atomic E-state index is 2.44. The minimum Gasteiger partial charge on any atom is -0.0622 e. The van der Waals surface area contributed by atoms with Crippen LogP contribution in [0.4, 0.5) is 0 Å². The first-order chi connectivity index (χ1) is 29.0. The number of hydrogen-bond acceptors (Lipinski definition) is 0. The first-order valence-electron chi connectivity index (χ1n) is 20.7. The van der Waals surface area contributed by atoms with E-state index in [2.05, 4.69) is 220 Å². The maximum atomic E-state index is 2.44. The molecule has 12 rings (SSSR count). The van der Waals surface area contributed by atoms with Crippen LogP contribution >= 0.6 is 0 Å². The second-order valence-corrected chi connectivity index (χ2v) is 16.9. The van der Waals surface area contributed by atoms with Crippen molar-refractivity contribution in [3.05, 3.63) is 217 Å². The summed E-state index contributed by atoms with van der Waals surface area (Å²) in [5.41, 5.74) is 15.4. The van der Waals surface area contributed by atoms with E-state index in [0.717, 1.165) is 0 Å². The van der Waals surface area contributed by atoms with Crippen molar-refractivity contribution in [1.29, 1.82) is 0 Å². The minimum absolute atomic E-state index is 0.0902. The van der Waals surface area contributed by atoms with Crippen molar-refractivity contribution in [3.63, 3.8) is 0 Å². The normalized spacial score (nSPS) is 13.1. The fourth-order valence-electron chi connectivity index (χ4n) is 10.2. The molecule has 0 saturated carbocycles. The molecule has 0 fully saturated rings. The van der Waals surface area contributed by atoms with E-state index in [9.17, 15) is 0 Å². The lowest BCUT2D eigenvalue weighted by Crippen LogP contribution is -2.15. The van der Waals surface area contributed by atoms with Gasteiger partial charge < -0.3 is 0 Å². The van der Waals surface area contributed by atoms with Crippen LogP contribution in [0.25, 0.3) is 109 Å². The van der Waals surface area contributed by atoms with Gasteiger partial charge in [-0.1, -0.05) is 184 Å². The minimum atomic E-state index is -0.0902. The summed E-state index contributed by atoms with van der Waals surface area (Å²) in [6, 6.07) is 76.9. The van der Waals surface area contributed by atoms with E-state index in [-0.39, 0.29) is 5.41 Å². The third-order valence-corrected chi connectivity index (χ3v) is 13.2. The van der Waals surface area contributed by atoms with E-state index in [1.165, 1.54) is 121 Å². The standard InChI is InChI=1S/C59H40/c1-59(2)56-34-43(37-13-4-3-5-14-37)27-29-50(56)51-30-28-44(35-57(51)59)42-26-25-40-31-39(23-24-41(40)32-42)38-15-12-16-45(33-38)54-36-55-48-19-7-6-17-46(48)47-18-8-10-21-52(47)58(55)53-22-11-9-20-49(53)54/h3-36H,1-2H3. The van der Waals surface area contributed by atoms with Gasteiger partial charge in [0.25, 0.3) is 0 Å². The molecule has 0 heterocycles. The van der Waals surface area contributed by atoms with Crippen LogP contribution < -0.4 is 0 Å². The molecule has 0 amide bonds. The molecule has 0 atom stereocenters. The second-order valence-electron chi connectivity index (χ2n) is 16.9. The number of fused-ring (bicyclic) bond motifs is 12. The summed E-state index contributed by atoms with van der Waals surface area (Å²) in [5.74, 6) is 0. The molecule has 0 aliphatic heterocycles. The fraction of sp³-hybridized carbons (Fsp3) is 0.0508. The van der Waals surface area contributed by atoms with Gasteiger partial charge in [0.15, 0.2) is 0 Å². The zero-order valence-electron chi connectivity index (χ0n) is 33.1. The van der Waals surface area contributed by atoms with Crippen molar-refractivity contribution < 1.29 is 0 Å². The molecule has 11 aromatic rings. The van der Waals surface area contributed by atoms with Crippen molar-refractivity contribution in [2.45, 2.75) is 19.3 Å². The Morgan fingerprint density at radius 2 is 0.678 bits per heavy atom. The van der Waals surface area contributed by atoms with Crippen molar-refractivity contribution in [1.82, 2.24) is 0 Å². The molecule has 0 aromatic heterocycles. The Morgan fingerprint density at radius 3 is 1.31 bits per heavy atom. The highest BCUT2D eigenvalue weighted by atomic mass is 14.4. The lowest BCUT2D eigenvalue weighted by molar-refractivity contribution is 0.661. The number of hydrogen-bond donors (Lipinski definition) is 0. The van der Waals surface area contributed by atoms with Crippen LogP contribution in [0.5, 0.6) is 0 Å². The van der Waals surface area contributed by atoms with Crippen molar-refractivity contribution in [2.75, 3.05) is 0 Å². The van der Waals surface area contributed by atoms with E-state index in [4.69, 9.17) is 0 Å². The van der Waals surface area contributed by atoms with Crippen LogP contribution in [0.2, 0.25) is 0 Å². The fourth-order valence-corrected chi connectivity index (χ4v) is 10.2. The van der Waals surface area contributed by atoms with Crippen molar-refractivity contribution in [3.8, 4) is 55.6 Å². The summed E-state index contributed by atoms with van der Waals surface area (Å²) in [4.78, 5) is 0. The van der Waals surface area contributed by atoms with Gasteiger partial charge in [-0.25, -0.2) is 0 Å². The van der Waals surface area contributed by atoms with Crippen LogP contribution in [-0.4, -0.2) is 0 Å². The van der Waals surface area contributed by atoms with Gasteiger partial charge in [0.05, 0.1) is 0 Å². The quantitative estimate of drug-likeness (QED) is 0.157. The molecule has 0 radical (unpaired) electrons. The van der Waals surface area contributed by atoms with Gasteiger partial charge in [-0.15, -0.1) is 0 Å². The van der Waals surface area contributed by atoms with Crippen LogP contribution in [-0.2, 0) is 5.41 Å². The summed E-state index contributed by atoms with van der Waals surface area (Å²) in [6.07, 6.45) is 0. The largest absolute Gasteiger partial charge is 0.0622 e. The summed E-state index contributed by atoms with van der Waals surface area (Å²) >= 11 is 0. The average molecular weight is 749 g/mol. The molecule has 276 valence electrons. The van der Waals surface area contributed by atoms with Crippen molar-refractivity contribution >= 4 is 53.9 Å². The maximum Gasteiger partial charge on any atom is 0.0159 e. The zero-order valence-corrected chi connectivity index (χ0v) is 33.1. The lowest BCUT2D eigenvalue weighted by Gasteiger charge is -2.22. The smallest absolute Gasteiger partial charge is 0.0159 e. The molecule has 0 saturated heterocycles. The molecular weight excluding hydrogens is 709 g/mol. The van der Waals surface area contributed by atoms with Gasteiger partial charge in [0, 0.05) is 5.41 Å². The van der Waals surface area contributed by atoms with E-state index < -0.39 is 0 Å². The average Bonchev–Trinajstić information content (AvgIpc) is 3.53. The number of rotatable bonds is 4. The van der Waals surface area contributed by atoms with Crippen LogP contribution in [0.15, 0.2) is 206 Å². The Morgan fingerprint density at radius 1 is 0.254 bits per heavy atom. The predicted molar refractivity (Wildman–Crippen MR) is 253 cm³/mol. The molecule has 0 unspecified atom stereocenters. The van der Waals surface area contributed by atoms with Gasteiger partial charge in [-0.05, 0) is 157 Å². The van der Waals surface area contributed by atoms with Crippen LogP contribution in [0.3, 0.4) is 0 Å². The van der Waals surface area contributed by atoms with E-state index in [0.29, 0.717) is 0 Å². The molecule has 59 heavy (non-hydrogen) atoms. The number of benzene rings is 11. The first kappa shape index (κ1) is 33.8. The van der Waals surface area contributed by atoms with Gasteiger partial charge >= 0.3 is 0 Å². The third kappa shape index (κ3) is 5.23. The molecule has 1 aliphatic carbocycles. The lowest BCUT2D eigenvalue weighted by atomic mass is 9.81. The molecule has 0 bridgehead atoms. The third-order valence-electron chi connectivity index (χ3n) is 13.2. The molecule has 0 heteroatoms. The summed E-state index contributed by atoms with van der Waals surface area (Å²) in [7, 11) is 0. The Kier molecular flexibility index (Phi) is 7.38. The van der Waals surface area contributed by atoms with Gasteiger partial charge in [0.1, 0.15) is 0 Å². The molecule has 0 nitrogen and oxygen atoms in total. The summed E-state index contributed by atoms with van der Waals surface area (Å²) in [6.45, 7) is 4.75. The van der Waals surface area contributed by atoms with E-state index in [1.54, 1.807) is 0 Å². The Labute approximate surface area is 344 Å². The van der Waals surface area contributed by atoms with Crippen LogP contribution in [0, 0.1) is 0 Å². The van der Waals surface area contributed by atoms with Gasteiger partial charge in [-0.2, -0.15) is 0 Å². The second kappa shape index (κ2) is 12.9. The van der Waals surface area contributed by atoms with Crippen molar-refractivity contribution in [2.24, 2.45) is 0 Å². The van der Waals surface area contributed by atoms with Crippen LogP contribution in [0.1, 0.15) is 25.0 Å². The molecule has 1 aliphatic rings. The Bertz CT molecular complexity index is 3510. The van der Waals surface area contributed by atoms with Gasteiger partial charge in [0.2, 0.25) is 0 Å². The zero-order chi connectivity index (χ0) is 39.2. The highest BCUT2D eigenvalue weighted by Crippen LogP contribution is 2.51. The molecular formula is C59H40. The van der Waals surface area contributed by atoms with E-state index in [1.807, 2.05) is 0 Å². The Hall–Kier alpha value is -7.28. The predicted octanol–water partition coefficient (Wildman–Crippen LogP) is 16.4. The highest BCUT2D eigenvalue weighted by Gasteiger charge is 2.36. The van der Waals surface area contributed by atoms with Gasteiger partial charge in [-0.3, -0.25) is 0 Å². The topological polar surface area (TPSA) is 0 Å². The monoisotopic (exact) mass is 748 g/mol. The van der Waals surface area contributed by atoms with E-state index >= 15 is 0 Å². The summed E-state index contributed by atoms with van der Waals surface area (Å²) in [5, 5.41) is 12.9. The first-order valence-corrected chi connectivity index (χ1v) is 20.7. The summed E-state index contributed by atoms with van der Waals surface area (Å²) < 4.78 is 0. The highest BCUT2D eigenvalue weighted by molar-refractivity contribution is 6.33. The Balaban J connectivity index is 0.911.